The second-order valence-electron chi connectivity index (χ2n) is 14.2. The van der Waals surface area contributed by atoms with Crippen LogP contribution in [0.25, 0.3) is 0 Å². The summed E-state index contributed by atoms with van der Waals surface area (Å²) in [5.74, 6) is -0.219. The van der Waals surface area contributed by atoms with Crippen molar-refractivity contribution in [3.05, 3.63) is 60.8 Å². The van der Waals surface area contributed by atoms with Gasteiger partial charge in [0.1, 0.15) is 0 Å². The van der Waals surface area contributed by atoms with Crippen molar-refractivity contribution in [3.63, 3.8) is 0 Å². The van der Waals surface area contributed by atoms with Gasteiger partial charge < -0.3 is 21.1 Å². The molecule has 53 heavy (non-hydrogen) atoms. The average Bonchev–Trinajstić information content (AvgIpc) is 3.14. The van der Waals surface area contributed by atoms with Crippen molar-refractivity contribution >= 4 is 13.7 Å². The van der Waals surface area contributed by atoms with Gasteiger partial charge in [-0.25, -0.2) is 4.57 Å². The summed E-state index contributed by atoms with van der Waals surface area (Å²) in [4.78, 5) is 22.7. The van der Waals surface area contributed by atoms with Crippen LogP contribution in [0.2, 0.25) is 0 Å². The molecule has 8 nitrogen and oxygen atoms in total. The number of hydrogen-bond donors (Lipinski definition) is 4. The Balaban J connectivity index is 4.27. The van der Waals surface area contributed by atoms with Gasteiger partial charge in [-0.05, 0) is 70.6 Å². The van der Waals surface area contributed by atoms with Crippen LogP contribution >= 0.6 is 7.82 Å². The number of allylic oxidation sites excluding steroid dienone is 9. The van der Waals surface area contributed by atoms with Gasteiger partial charge in [-0.15, -0.1) is 0 Å². The molecule has 9 heteroatoms. The van der Waals surface area contributed by atoms with E-state index in [0.717, 1.165) is 64.2 Å². The summed E-state index contributed by atoms with van der Waals surface area (Å²) in [6.45, 7) is 4.06. The molecule has 0 bridgehead atoms. The quantitative estimate of drug-likeness (QED) is 0.0278. The first-order valence-corrected chi connectivity index (χ1v) is 22.9. The summed E-state index contributed by atoms with van der Waals surface area (Å²) in [5, 5.41) is 13.6. The first-order valence-electron chi connectivity index (χ1n) is 21.4. The van der Waals surface area contributed by atoms with Crippen molar-refractivity contribution < 1.29 is 28.4 Å². The molecular formula is C44H81N2O6P. The number of aliphatic hydroxyl groups is 1. The van der Waals surface area contributed by atoms with Crippen LogP contribution in [0.15, 0.2) is 60.8 Å². The summed E-state index contributed by atoms with van der Waals surface area (Å²) >= 11 is 0. The molecule has 3 atom stereocenters. The third-order valence-corrected chi connectivity index (χ3v) is 10.0. The molecular weight excluding hydrogens is 683 g/mol. The van der Waals surface area contributed by atoms with E-state index < -0.39 is 20.0 Å². The number of unbranched alkanes of at least 4 members (excludes halogenated alkanes) is 19. The predicted molar refractivity (Wildman–Crippen MR) is 226 cm³/mol. The van der Waals surface area contributed by atoms with Gasteiger partial charge in [0.15, 0.2) is 0 Å². The molecule has 1 amide bonds. The molecule has 3 unspecified atom stereocenters. The van der Waals surface area contributed by atoms with E-state index in [1.807, 2.05) is 6.08 Å². The summed E-state index contributed by atoms with van der Waals surface area (Å²) < 4.78 is 22.1. The standard InChI is InChI=1S/C44H81N2O6P/c1-3-5-7-9-11-13-15-17-18-19-20-21-22-23-24-26-28-30-32-34-36-38-44(48)46-42(41-52-53(49,50)51-40-39-45)43(47)37-35-33-31-29-27-25-16-14-12-10-8-6-4-2/h15,17,19-20,22-23,27,29,35,37,42-43,47H,3-14,16,18,21,24-26,28,30-34,36,38-41,45H2,1-2H3,(H,46,48)(H,49,50)/b17-15-,20-19-,23-22-,29-27+,37-35+. The lowest BCUT2D eigenvalue weighted by Gasteiger charge is -2.23. The van der Waals surface area contributed by atoms with Crippen molar-refractivity contribution in [2.45, 2.75) is 193 Å². The molecule has 0 aromatic carbocycles. The van der Waals surface area contributed by atoms with Crippen LogP contribution in [0.3, 0.4) is 0 Å². The Morgan fingerprint density at radius 3 is 1.58 bits per heavy atom. The molecule has 0 fully saturated rings. The second kappa shape index (κ2) is 39.9. The highest BCUT2D eigenvalue weighted by atomic mass is 31.2. The Bertz CT molecular complexity index is 1010. The third kappa shape index (κ3) is 38.3. The van der Waals surface area contributed by atoms with Crippen molar-refractivity contribution in [2.75, 3.05) is 19.8 Å². The molecule has 0 aliphatic carbocycles. The maximum atomic E-state index is 12.7. The van der Waals surface area contributed by atoms with E-state index in [-0.39, 0.29) is 25.7 Å². The van der Waals surface area contributed by atoms with E-state index in [4.69, 9.17) is 14.8 Å². The molecule has 0 aliphatic rings. The highest BCUT2D eigenvalue weighted by molar-refractivity contribution is 7.47. The number of nitrogens with one attached hydrogen (secondary N) is 1. The summed E-state index contributed by atoms with van der Waals surface area (Å²) in [6.07, 6.45) is 49.8. The number of aliphatic hydroxyl groups excluding tert-OH is 1. The van der Waals surface area contributed by atoms with Gasteiger partial charge in [0.2, 0.25) is 5.91 Å². The Morgan fingerprint density at radius 1 is 0.623 bits per heavy atom. The minimum atomic E-state index is -4.35. The van der Waals surface area contributed by atoms with Crippen LogP contribution in [-0.4, -0.2) is 47.8 Å². The minimum absolute atomic E-state index is 0.0691. The smallest absolute Gasteiger partial charge is 0.387 e. The number of phosphoric ester groups is 1. The largest absolute Gasteiger partial charge is 0.472 e. The zero-order chi connectivity index (χ0) is 38.9. The third-order valence-electron chi connectivity index (χ3n) is 9.07. The van der Waals surface area contributed by atoms with E-state index >= 15 is 0 Å². The minimum Gasteiger partial charge on any atom is -0.387 e. The summed E-state index contributed by atoms with van der Waals surface area (Å²) in [5.41, 5.74) is 5.36. The normalized spacial score (nSPS) is 14.7. The van der Waals surface area contributed by atoms with Gasteiger partial charge in [-0.2, -0.15) is 0 Å². The number of hydrogen-bond acceptors (Lipinski definition) is 6. The lowest BCUT2D eigenvalue weighted by atomic mass is 10.1. The molecule has 308 valence electrons. The first-order chi connectivity index (χ1) is 25.9. The van der Waals surface area contributed by atoms with Crippen LogP contribution in [0.5, 0.6) is 0 Å². The Labute approximate surface area is 325 Å². The van der Waals surface area contributed by atoms with Crippen LogP contribution in [0.1, 0.15) is 181 Å². The number of rotatable bonds is 39. The average molecular weight is 765 g/mol. The maximum absolute atomic E-state index is 12.7. The first kappa shape index (κ1) is 51.2. The van der Waals surface area contributed by atoms with Gasteiger partial charge >= 0.3 is 7.82 Å². The molecule has 0 spiro atoms. The summed E-state index contributed by atoms with van der Waals surface area (Å²) in [6, 6.07) is -0.885. The SMILES string of the molecule is CCCCCCC/C=C\C/C=C\C/C=C\CCCCCCCCC(=O)NC(COP(=O)(O)OCCN)C(O)/C=C/CC/C=C/CCCCCCCCC. The topological polar surface area (TPSA) is 131 Å². The molecule has 0 aromatic heterocycles. The van der Waals surface area contributed by atoms with Crippen LogP contribution in [0.4, 0.5) is 0 Å². The van der Waals surface area contributed by atoms with Gasteiger partial charge in [0, 0.05) is 13.0 Å². The number of carbonyl (C=O) groups excluding carboxylic acids is 1. The van der Waals surface area contributed by atoms with Crippen molar-refractivity contribution in [1.29, 1.82) is 0 Å². The number of amides is 1. The molecule has 5 N–H and O–H groups in total. The lowest BCUT2D eigenvalue weighted by Crippen LogP contribution is -2.45. The number of nitrogens with two attached hydrogens (primary N) is 1. The molecule has 0 saturated heterocycles. The lowest BCUT2D eigenvalue weighted by molar-refractivity contribution is -0.123. The van der Waals surface area contributed by atoms with Crippen molar-refractivity contribution in [1.82, 2.24) is 5.32 Å². The van der Waals surface area contributed by atoms with Crippen LogP contribution in [0, 0.1) is 0 Å². The van der Waals surface area contributed by atoms with E-state index in [2.05, 4.69) is 67.8 Å². The zero-order valence-electron chi connectivity index (χ0n) is 34.0. The maximum Gasteiger partial charge on any atom is 0.472 e. The highest BCUT2D eigenvalue weighted by Crippen LogP contribution is 2.43. The summed E-state index contributed by atoms with van der Waals surface area (Å²) in [7, 11) is -4.35. The van der Waals surface area contributed by atoms with Crippen LogP contribution < -0.4 is 11.1 Å². The second-order valence-corrected chi connectivity index (χ2v) is 15.6. The zero-order valence-corrected chi connectivity index (χ0v) is 34.9. The van der Waals surface area contributed by atoms with Gasteiger partial charge in [-0.1, -0.05) is 164 Å². The highest BCUT2D eigenvalue weighted by Gasteiger charge is 2.26. The molecule has 0 saturated carbocycles. The van der Waals surface area contributed by atoms with E-state index in [9.17, 15) is 19.4 Å². The predicted octanol–water partition coefficient (Wildman–Crippen LogP) is 11.9. The molecule has 0 rings (SSSR count). The van der Waals surface area contributed by atoms with Gasteiger partial charge in [0.05, 0.1) is 25.4 Å². The van der Waals surface area contributed by atoms with Gasteiger partial charge in [0.25, 0.3) is 0 Å². The monoisotopic (exact) mass is 765 g/mol. The number of carbonyl (C=O) groups is 1. The van der Waals surface area contributed by atoms with E-state index in [1.54, 1.807) is 6.08 Å². The van der Waals surface area contributed by atoms with E-state index in [1.165, 1.54) is 96.3 Å². The number of phosphoric acid groups is 1. The van der Waals surface area contributed by atoms with Crippen molar-refractivity contribution in [3.8, 4) is 0 Å². The molecule has 0 aliphatic heterocycles. The molecule has 0 heterocycles. The van der Waals surface area contributed by atoms with Gasteiger partial charge in [-0.3, -0.25) is 13.8 Å². The fourth-order valence-corrected chi connectivity index (χ4v) is 6.56. The Hall–Kier alpha value is -1.80. The molecule has 0 radical (unpaired) electrons. The van der Waals surface area contributed by atoms with Crippen molar-refractivity contribution in [2.24, 2.45) is 5.73 Å². The Morgan fingerprint density at radius 2 is 1.06 bits per heavy atom. The van der Waals surface area contributed by atoms with Crippen LogP contribution in [-0.2, 0) is 18.4 Å². The fourth-order valence-electron chi connectivity index (χ4n) is 5.80. The fraction of sp³-hybridized carbons (Fsp3) is 0.750. The molecule has 0 aromatic rings. The van der Waals surface area contributed by atoms with E-state index in [0.29, 0.717) is 6.42 Å². The Kier molecular flexibility index (Phi) is 38.5.